The van der Waals surface area contributed by atoms with Gasteiger partial charge in [-0.15, -0.1) is 0 Å². The molecule has 1 atom stereocenters. The van der Waals surface area contributed by atoms with Crippen LogP contribution in [0.5, 0.6) is 0 Å². The van der Waals surface area contributed by atoms with E-state index in [0.29, 0.717) is 19.6 Å². The Balaban J connectivity index is 3.82. The van der Waals surface area contributed by atoms with Crippen molar-refractivity contribution in [3.8, 4) is 0 Å². The molecule has 0 saturated carbocycles. The molecule has 0 spiro atoms. The lowest BCUT2D eigenvalue weighted by Gasteiger charge is -2.12. The van der Waals surface area contributed by atoms with Crippen LogP contribution in [0.1, 0.15) is 20.3 Å². The number of nitrogens with two attached hydrogens (primary N) is 1. The third-order valence-corrected chi connectivity index (χ3v) is 3.15. The summed E-state index contributed by atoms with van der Waals surface area (Å²) in [5.74, 6) is 0.00967. The minimum atomic E-state index is -3.21. The molecule has 3 N–H and O–H groups in total. The minimum Gasteiger partial charge on any atom is -0.381 e. The summed E-state index contributed by atoms with van der Waals surface area (Å²) in [7, 11) is -3.21. The van der Waals surface area contributed by atoms with Crippen LogP contribution >= 0.6 is 0 Å². The third-order valence-electron chi connectivity index (χ3n) is 1.68. The number of sulfonamides is 1. The van der Waals surface area contributed by atoms with Crippen molar-refractivity contribution in [3.05, 3.63) is 0 Å². The number of ether oxygens (including phenoxy) is 1. The third kappa shape index (κ3) is 7.25. The highest BCUT2D eigenvalue weighted by atomic mass is 32.2. The molecule has 0 aromatic carbocycles. The van der Waals surface area contributed by atoms with E-state index in [2.05, 4.69) is 4.72 Å². The normalized spacial score (nSPS) is 14.2. The Morgan fingerprint density at radius 1 is 1.50 bits per heavy atom. The first kappa shape index (κ1) is 13.8. The highest BCUT2D eigenvalue weighted by Gasteiger charge is 2.13. The second-order valence-electron chi connectivity index (χ2n) is 3.11. The van der Waals surface area contributed by atoms with Crippen LogP contribution < -0.4 is 10.5 Å². The van der Waals surface area contributed by atoms with Crippen molar-refractivity contribution < 1.29 is 13.2 Å². The van der Waals surface area contributed by atoms with Crippen molar-refractivity contribution in [1.82, 2.24) is 4.72 Å². The summed E-state index contributed by atoms with van der Waals surface area (Å²) in [6.45, 7) is 4.88. The molecule has 0 aliphatic carbocycles. The van der Waals surface area contributed by atoms with E-state index in [1.165, 1.54) is 0 Å². The van der Waals surface area contributed by atoms with Gasteiger partial charge < -0.3 is 10.5 Å². The average Bonchev–Trinajstić information content (AvgIpc) is 2.03. The van der Waals surface area contributed by atoms with Crippen molar-refractivity contribution in [1.29, 1.82) is 0 Å². The second-order valence-corrected chi connectivity index (χ2v) is 4.99. The smallest absolute Gasteiger partial charge is 0.214 e. The monoisotopic (exact) mass is 224 g/mol. The molecule has 14 heavy (non-hydrogen) atoms. The van der Waals surface area contributed by atoms with Gasteiger partial charge in [0.25, 0.3) is 0 Å². The molecule has 0 heterocycles. The molecule has 0 aromatic rings. The van der Waals surface area contributed by atoms with Crippen molar-refractivity contribution in [2.24, 2.45) is 5.73 Å². The molecule has 0 aliphatic heterocycles. The molecule has 6 heteroatoms. The van der Waals surface area contributed by atoms with Crippen LogP contribution in [0.2, 0.25) is 0 Å². The van der Waals surface area contributed by atoms with Crippen LogP contribution in [-0.4, -0.2) is 40.0 Å². The molecule has 0 saturated heterocycles. The molecule has 0 aliphatic rings. The molecule has 0 bridgehead atoms. The van der Waals surface area contributed by atoms with E-state index in [1.54, 1.807) is 6.92 Å². The van der Waals surface area contributed by atoms with E-state index in [-0.39, 0.29) is 18.4 Å². The molecule has 0 aromatic heterocycles. The largest absolute Gasteiger partial charge is 0.381 e. The topological polar surface area (TPSA) is 81.4 Å². The lowest BCUT2D eigenvalue weighted by Crippen LogP contribution is -2.36. The van der Waals surface area contributed by atoms with Crippen molar-refractivity contribution in [2.75, 3.05) is 25.5 Å². The van der Waals surface area contributed by atoms with Crippen LogP contribution in [0.3, 0.4) is 0 Å². The summed E-state index contributed by atoms with van der Waals surface area (Å²) in [5.41, 5.74) is 5.31. The zero-order valence-corrected chi connectivity index (χ0v) is 9.64. The lowest BCUT2D eigenvalue weighted by molar-refractivity contribution is 0.163. The zero-order chi connectivity index (χ0) is 11.0. The van der Waals surface area contributed by atoms with Gasteiger partial charge in [-0.05, 0) is 26.8 Å². The Morgan fingerprint density at radius 2 is 2.14 bits per heavy atom. The van der Waals surface area contributed by atoms with E-state index in [4.69, 9.17) is 10.5 Å². The Kier molecular flexibility index (Phi) is 7.08. The molecular weight excluding hydrogens is 204 g/mol. The molecule has 86 valence electrons. The number of hydrogen-bond donors (Lipinski definition) is 2. The van der Waals surface area contributed by atoms with Gasteiger partial charge in [-0.3, -0.25) is 0 Å². The van der Waals surface area contributed by atoms with Gasteiger partial charge in [0.1, 0.15) is 0 Å². The Morgan fingerprint density at radius 3 is 2.64 bits per heavy atom. The second kappa shape index (κ2) is 7.17. The predicted molar refractivity (Wildman–Crippen MR) is 56.5 cm³/mol. The average molecular weight is 224 g/mol. The van der Waals surface area contributed by atoms with Crippen molar-refractivity contribution >= 4 is 10.0 Å². The lowest BCUT2D eigenvalue weighted by atomic mass is 10.3. The molecule has 0 fully saturated rings. The summed E-state index contributed by atoms with van der Waals surface area (Å²) < 4.78 is 30.2. The fraction of sp³-hybridized carbons (Fsp3) is 1.00. The zero-order valence-electron chi connectivity index (χ0n) is 8.82. The maximum absolute atomic E-state index is 11.4. The van der Waals surface area contributed by atoms with Crippen LogP contribution in [-0.2, 0) is 14.8 Å². The molecule has 1 unspecified atom stereocenters. The summed E-state index contributed by atoms with van der Waals surface area (Å²) in [6.07, 6.45) is 0.647. The maximum atomic E-state index is 11.4. The Labute approximate surface area is 86.1 Å². The van der Waals surface area contributed by atoms with E-state index >= 15 is 0 Å². The van der Waals surface area contributed by atoms with E-state index < -0.39 is 10.0 Å². The fourth-order valence-electron chi connectivity index (χ4n) is 0.987. The summed E-state index contributed by atoms with van der Waals surface area (Å²) in [6, 6.07) is -0.105. The van der Waals surface area contributed by atoms with Crippen LogP contribution in [0.15, 0.2) is 0 Å². The van der Waals surface area contributed by atoms with Crippen LogP contribution in [0.25, 0.3) is 0 Å². The highest BCUT2D eigenvalue weighted by molar-refractivity contribution is 7.89. The van der Waals surface area contributed by atoms with Gasteiger partial charge in [-0.1, -0.05) is 0 Å². The van der Waals surface area contributed by atoms with Crippen LogP contribution in [0, 0.1) is 0 Å². The van der Waals surface area contributed by atoms with Gasteiger partial charge in [-0.2, -0.15) is 0 Å². The maximum Gasteiger partial charge on any atom is 0.214 e. The van der Waals surface area contributed by atoms with Crippen LogP contribution in [0.4, 0.5) is 0 Å². The van der Waals surface area contributed by atoms with Gasteiger partial charge in [0.05, 0.1) is 12.4 Å². The first-order valence-corrected chi connectivity index (χ1v) is 6.45. The van der Waals surface area contributed by atoms with E-state index in [1.807, 2.05) is 6.92 Å². The molecule has 0 rings (SSSR count). The van der Waals surface area contributed by atoms with Gasteiger partial charge >= 0.3 is 0 Å². The molecule has 0 amide bonds. The minimum absolute atomic E-state index is 0.00967. The van der Waals surface area contributed by atoms with Crippen molar-refractivity contribution in [3.63, 3.8) is 0 Å². The summed E-state index contributed by atoms with van der Waals surface area (Å²) >= 11 is 0. The Bertz CT molecular complexity index is 229. The molecule has 5 nitrogen and oxygen atoms in total. The summed E-state index contributed by atoms with van der Waals surface area (Å²) in [5, 5.41) is 0. The van der Waals surface area contributed by atoms with E-state index in [0.717, 1.165) is 0 Å². The SMILES string of the molecule is CCOCCS(=O)(=O)NC(C)CCN. The fourth-order valence-corrected chi connectivity index (χ4v) is 2.17. The quantitative estimate of drug-likeness (QED) is 0.554. The predicted octanol–water partition coefficient (Wildman–Crippen LogP) is -0.320. The number of nitrogens with one attached hydrogen (secondary N) is 1. The van der Waals surface area contributed by atoms with Gasteiger partial charge in [0.15, 0.2) is 0 Å². The summed E-state index contributed by atoms with van der Waals surface area (Å²) in [4.78, 5) is 0. The molecular formula is C8H20N2O3S. The van der Waals surface area contributed by atoms with Crippen molar-refractivity contribution in [2.45, 2.75) is 26.3 Å². The van der Waals surface area contributed by atoms with E-state index in [9.17, 15) is 8.42 Å². The molecule has 0 radical (unpaired) electrons. The Hall–Kier alpha value is -0.170. The number of rotatable bonds is 8. The first-order valence-electron chi connectivity index (χ1n) is 4.79. The van der Waals surface area contributed by atoms with Gasteiger partial charge in [0.2, 0.25) is 10.0 Å². The first-order chi connectivity index (χ1) is 6.52. The van der Waals surface area contributed by atoms with Gasteiger partial charge in [-0.25, -0.2) is 13.1 Å². The number of hydrogen-bond acceptors (Lipinski definition) is 4. The van der Waals surface area contributed by atoms with Gasteiger partial charge in [0, 0.05) is 12.6 Å². The highest BCUT2D eigenvalue weighted by Crippen LogP contribution is 1.93. The standard InChI is InChI=1S/C8H20N2O3S/c1-3-13-6-7-14(11,12)10-8(2)4-5-9/h8,10H,3-7,9H2,1-2H3.